The number of benzene rings is 1. The minimum Gasteiger partial charge on any atom is -0.383 e. The molecule has 0 heterocycles. The van der Waals surface area contributed by atoms with Gasteiger partial charge in [-0.3, -0.25) is 0 Å². The second kappa shape index (κ2) is 5.42. The molecule has 0 fully saturated rings. The molecule has 0 saturated carbocycles. The average Bonchev–Trinajstić information content (AvgIpc) is 2.23. The lowest BCUT2D eigenvalue weighted by atomic mass is 10.2. The van der Waals surface area contributed by atoms with Gasteiger partial charge in [-0.25, -0.2) is 8.78 Å². The predicted molar refractivity (Wildman–Crippen MR) is 56.0 cm³/mol. The molecule has 0 amide bonds. The van der Waals surface area contributed by atoms with Crippen molar-refractivity contribution in [3.63, 3.8) is 0 Å². The van der Waals surface area contributed by atoms with Crippen molar-refractivity contribution < 1.29 is 13.5 Å². The fourth-order valence-electron chi connectivity index (χ4n) is 1.31. The Morgan fingerprint density at radius 3 is 2.44 bits per heavy atom. The number of anilines is 1. The molecule has 0 radical (unpaired) electrons. The summed E-state index contributed by atoms with van der Waals surface area (Å²) in [7, 11) is 1.50. The van der Waals surface area contributed by atoms with E-state index in [0.29, 0.717) is 6.61 Å². The molecule has 0 aromatic heterocycles. The second-order valence-corrected chi connectivity index (χ2v) is 3.43. The van der Waals surface area contributed by atoms with Gasteiger partial charge in [0.25, 0.3) is 0 Å². The van der Waals surface area contributed by atoms with Crippen molar-refractivity contribution >= 4 is 5.69 Å². The van der Waals surface area contributed by atoms with E-state index in [9.17, 15) is 8.78 Å². The summed E-state index contributed by atoms with van der Waals surface area (Å²) in [5.74, 6) is -1.56. The molecule has 0 aliphatic rings. The quantitative estimate of drug-likeness (QED) is 0.856. The molecule has 0 spiro atoms. The highest BCUT2D eigenvalue weighted by Crippen LogP contribution is 2.21. The molecular weight excluding hydrogens is 214 g/mol. The average molecular weight is 226 g/mol. The van der Waals surface area contributed by atoms with E-state index in [1.165, 1.54) is 7.11 Å². The zero-order chi connectivity index (χ0) is 12.1. The van der Waals surface area contributed by atoms with Gasteiger partial charge in [-0.15, -0.1) is 0 Å². The number of methoxy groups -OCH3 is 1. The smallest absolute Gasteiger partial charge is 0.150 e. The van der Waals surface area contributed by atoms with Gasteiger partial charge in [-0.2, -0.15) is 5.26 Å². The number of hydrogen-bond donors (Lipinski definition) is 1. The van der Waals surface area contributed by atoms with Gasteiger partial charge in [0.05, 0.1) is 18.2 Å². The summed E-state index contributed by atoms with van der Waals surface area (Å²) in [4.78, 5) is 0. The van der Waals surface area contributed by atoms with Crippen molar-refractivity contribution in [3.05, 3.63) is 29.3 Å². The van der Waals surface area contributed by atoms with Crippen LogP contribution in [0.2, 0.25) is 0 Å². The number of halogens is 2. The molecule has 1 atom stereocenters. The Kier molecular flexibility index (Phi) is 4.20. The number of nitriles is 1. The van der Waals surface area contributed by atoms with Crippen LogP contribution in [0.1, 0.15) is 12.5 Å². The first kappa shape index (κ1) is 12.4. The predicted octanol–water partition coefficient (Wildman–Crippen LogP) is 2.28. The van der Waals surface area contributed by atoms with Crippen molar-refractivity contribution in [3.8, 4) is 6.07 Å². The first-order valence-electron chi connectivity index (χ1n) is 4.73. The minimum atomic E-state index is -0.778. The third kappa shape index (κ3) is 2.91. The van der Waals surface area contributed by atoms with Crippen LogP contribution in [0.15, 0.2) is 12.1 Å². The number of ether oxygens (including phenoxy) is 1. The maximum atomic E-state index is 13.4. The molecule has 1 aromatic carbocycles. The summed E-state index contributed by atoms with van der Waals surface area (Å²) in [5, 5.41) is 11.2. The second-order valence-electron chi connectivity index (χ2n) is 3.43. The number of nitrogens with one attached hydrogen (secondary N) is 1. The normalized spacial score (nSPS) is 11.9. The Labute approximate surface area is 92.6 Å². The van der Waals surface area contributed by atoms with Crippen molar-refractivity contribution in [2.45, 2.75) is 13.0 Å². The maximum absolute atomic E-state index is 13.4. The van der Waals surface area contributed by atoms with E-state index in [0.717, 1.165) is 12.1 Å². The first-order valence-corrected chi connectivity index (χ1v) is 4.73. The molecule has 86 valence electrons. The van der Waals surface area contributed by atoms with Crippen LogP contribution in [-0.2, 0) is 4.74 Å². The molecule has 0 aliphatic carbocycles. The van der Waals surface area contributed by atoms with E-state index in [1.807, 2.05) is 0 Å². The lowest BCUT2D eigenvalue weighted by Gasteiger charge is -2.15. The lowest BCUT2D eigenvalue weighted by Crippen LogP contribution is -2.22. The molecular formula is C11H12F2N2O. The molecule has 1 aromatic rings. The Morgan fingerprint density at radius 2 is 2.00 bits per heavy atom. The molecule has 0 saturated heterocycles. The monoisotopic (exact) mass is 226 g/mol. The van der Waals surface area contributed by atoms with Crippen molar-refractivity contribution in [2.75, 3.05) is 19.0 Å². The van der Waals surface area contributed by atoms with Crippen LogP contribution >= 0.6 is 0 Å². The summed E-state index contributed by atoms with van der Waals surface area (Å²) in [6.45, 7) is 2.07. The van der Waals surface area contributed by atoms with Gasteiger partial charge in [-0.1, -0.05) is 0 Å². The van der Waals surface area contributed by atoms with Gasteiger partial charge >= 0.3 is 0 Å². The number of hydrogen-bond acceptors (Lipinski definition) is 3. The molecule has 0 aliphatic heterocycles. The van der Waals surface area contributed by atoms with Crippen LogP contribution in [0, 0.1) is 23.0 Å². The molecule has 1 N–H and O–H groups in total. The molecule has 5 heteroatoms. The van der Waals surface area contributed by atoms with Crippen LogP contribution in [0.5, 0.6) is 0 Å². The van der Waals surface area contributed by atoms with Crippen molar-refractivity contribution in [2.24, 2.45) is 0 Å². The van der Waals surface area contributed by atoms with Gasteiger partial charge in [0.15, 0.2) is 11.6 Å². The minimum absolute atomic E-state index is 0.0417. The van der Waals surface area contributed by atoms with E-state index in [1.54, 1.807) is 13.0 Å². The highest BCUT2D eigenvalue weighted by molar-refractivity contribution is 5.50. The fraction of sp³-hybridized carbons (Fsp3) is 0.364. The van der Waals surface area contributed by atoms with E-state index in [-0.39, 0.29) is 17.3 Å². The highest BCUT2D eigenvalue weighted by Gasteiger charge is 2.13. The summed E-state index contributed by atoms with van der Waals surface area (Å²) in [6.07, 6.45) is 0. The summed E-state index contributed by atoms with van der Waals surface area (Å²) >= 11 is 0. The fourth-order valence-corrected chi connectivity index (χ4v) is 1.31. The third-order valence-electron chi connectivity index (χ3n) is 1.98. The Bertz CT molecular complexity index is 392. The van der Waals surface area contributed by atoms with E-state index in [2.05, 4.69) is 5.32 Å². The summed E-state index contributed by atoms with van der Waals surface area (Å²) < 4.78 is 31.6. The largest absolute Gasteiger partial charge is 0.383 e. The standard InChI is InChI=1S/C11H12F2N2O/c1-7(6-16-2)15-11-9(12)3-8(5-14)4-10(11)13/h3-4,7,15H,6H2,1-2H3. The third-order valence-corrected chi connectivity index (χ3v) is 1.98. The summed E-state index contributed by atoms with van der Waals surface area (Å²) in [5.41, 5.74) is -0.275. The molecule has 1 rings (SSSR count). The Balaban J connectivity index is 2.93. The lowest BCUT2D eigenvalue weighted by molar-refractivity contribution is 0.190. The van der Waals surface area contributed by atoms with E-state index < -0.39 is 11.6 Å². The zero-order valence-electron chi connectivity index (χ0n) is 9.05. The van der Waals surface area contributed by atoms with Crippen molar-refractivity contribution in [1.82, 2.24) is 0 Å². The van der Waals surface area contributed by atoms with E-state index in [4.69, 9.17) is 10.00 Å². The first-order chi connectivity index (χ1) is 7.58. The number of rotatable bonds is 4. The van der Waals surface area contributed by atoms with Crippen LogP contribution in [0.3, 0.4) is 0 Å². The highest BCUT2D eigenvalue weighted by atomic mass is 19.1. The van der Waals surface area contributed by atoms with Crippen LogP contribution < -0.4 is 5.32 Å². The molecule has 1 unspecified atom stereocenters. The van der Waals surface area contributed by atoms with Gasteiger partial charge in [0.1, 0.15) is 5.69 Å². The Morgan fingerprint density at radius 1 is 1.44 bits per heavy atom. The van der Waals surface area contributed by atoms with Crippen LogP contribution in [0.25, 0.3) is 0 Å². The molecule has 3 nitrogen and oxygen atoms in total. The number of nitrogens with zero attached hydrogens (tertiary/aromatic N) is 1. The maximum Gasteiger partial charge on any atom is 0.150 e. The zero-order valence-corrected chi connectivity index (χ0v) is 9.05. The molecule has 0 bridgehead atoms. The van der Waals surface area contributed by atoms with Gasteiger partial charge in [0, 0.05) is 13.2 Å². The van der Waals surface area contributed by atoms with Gasteiger partial charge < -0.3 is 10.1 Å². The van der Waals surface area contributed by atoms with Crippen LogP contribution in [-0.4, -0.2) is 19.8 Å². The van der Waals surface area contributed by atoms with Crippen LogP contribution in [0.4, 0.5) is 14.5 Å². The molecule has 16 heavy (non-hydrogen) atoms. The Hall–Kier alpha value is -1.67. The van der Waals surface area contributed by atoms with E-state index >= 15 is 0 Å². The van der Waals surface area contributed by atoms with Crippen molar-refractivity contribution in [1.29, 1.82) is 5.26 Å². The van der Waals surface area contributed by atoms with Gasteiger partial charge in [0.2, 0.25) is 0 Å². The summed E-state index contributed by atoms with van der Waals surface area (Å²) in [6, 6.07) is 3.44. The SMILES string of the molecule is COCC(C)Nc1c(F)cc(C#N)cc1F. The van der Waals surface area contributed by atoms with Gasteiger partial charge in [-0.05, 0) is 19.1 Å². The topological polar surface area (TPSA) is 45.0 Å².